The van der Waals surface area contributed by atoms with Crippen molar-refractivity contribution in [2.45, 2.75) is 18.9 Å². The van der Waals surface area contributed by atoms with E-state index in [1.54, 1.807) is 12.3 Å². The number of nitrogens with one attached hydrogen (secondary N) is 1. The SMILES string of the molecule is Fc1cccc(-c2ccc(-c3c[nH]c([C@@H]4CCN(Cc5ccccc5)C4)n3)cn2)c1. The highest BCUT2D eigenvalue weighted by atomic mass is 19.1. The molecule has 2 aromatic heterocycles. The van der Waals surface area contributed by atoms with Crippen molar-refractivity contribution in [3.05, 3.63) is 96.3 Å². The zero-order valence-electron chi connectivity index (χ0n) is 16.6. The molecule has 2 aromatic carbocycles. The molecule has 0 bridgehead atoms. The number of aromatic amines is 1. The van der Waals surface area contributed by atoms with Crippen LogP contribution < -0.4 is 0 Å². The predicted octanol–water partition coefficient (Wildman–Crippen LogP) is 5.27. The minimum Gasteiger partial charge on any atom is -0.348 e. The number of hydrogen-bond acceptors (Lipinski definition) is 3. The first-order valence-corrected chi connectivity index (χ1v) is 10.3. The third kappa shape index (κ3) is 4.02. The monoisotopic (exact) mass is 398 g/mol. The second-order valence-corrected chi connectivity index (χ2v) is 7.82. The summed E-state index contributed by atoms with van der Waals surface area (Å²) in [7, 11) is 0. The van der Waals surface area contributed by atoms with Gasteiger partial charge in [-0.1, -0.05) is 42.5 Å². The van der Waals surface area contributed by atoms with E-state index in [2.05, 4.69) is 45.2 Å². The maximum Gasteiger partial charge on any atom is 0.123 e. The molecule has 5 heteroatoms. The quantitative estimate of drug-likeness (QED) is 0.498. The van der Waals surface area contributed by atoms with Crippen molar-refractivity contribution in [1.82, 2.24) is 19.9 Å². The van der Waals surface area contributed by atoms with E-state index in [0.29, 0.717) is 5.92 Å². The molecule has 1 aliphatic heterocycles. The van der Waals surface area contributed by atoms with Crippen molar-refractivity contribution in [1.29, 1.82) is 0 Å². The topological polar surface area (TPSA) is 44.8 Å². The smallest absolute Gasteiger partial charge is 0.123 e. The lowest BCUT2D eigenvalue weighted by Crippen LogP contribution is -2.19. The number of rotatable bonds is 5. The Hall–Kier alpha value is -3.31. The van der Waals surface area contributed by atoms with Crippen molar-refractivity contribution in [2.24, 2.45) is 0 Å². The van der Waals surface area contributed by atoms with Gasteiger partial charge in [-0.25, -0.2) is 9.37 Å². The minimum absolute atomic E-state index is 0.256. The largest absolute Gasteiger partial charge is 0.348 e. The van der Waals surface area contributed by atoms with Gasteiger partial charge in [0.2, 0.25) is 0 Å². The molecule has 0 amide bonds. The van der Waals surface area contributed by atoms with Crippen molar-refractivity contribution in [3.63, 3.8) is 0 Å². The number of imidazole rings is 1. The Kier molecular flexibility index (Phi) is 5.11. The highest BCUT2D eigenvalue weighted by molar-refractivity contribution is 5.64. The minimum atomic E-state index is -0.256. The van der Waals surface area contributed by atoms with Gasteiger partial charge in [0.15, 0.2) is 0 Å². The number of likely N-dealkylation sites (tertiary alicyclic amines) is 1. The van der Waals surface area contributed by atoms with Crippen LogP contribution in [0, 0.1) is 5.82 Å². The van der Waals surface area contributed by atoms with Crippen LogP contribution in [-0.2, 0) is 6.54 Å². The van der Waals surface area contributed by atoms with Crippen LogP contribution in [0.5, 0.6) is 0 Å². The van der Waals surface area contributed by atoms with Crippen LogP contribution in [0.3, 0.4) is 0 Å². The van der Waals surface area contributed by atoms with Crippen molar-refractivity contribution < 1.29 is 4.39 Å². The van der Waals surface area contributed by atoms with Crippen LogP contribution in [0.25, 0.3) is 22.5 Å². The molecule has 1 fully saturated rings. The molecule has 0 aliphatic carbocycles. The Bertz CT molecular complexity index is 1120. The zero-order valence-corrected chi connectivity index (χ0v) is 16.6. The van der Waals surface area contributed by atoms with Crippen molar-refractivity contribution in [3.8, 4) is 22.5 Å². The van der Waals surface area contributed by atoms with Crippen molar-refractivity contribution in [2.75, 3.05) is 13.1 Å². The van der Waals surface area contributed by atoms with Gasteiger partial charge in [-0.3, -0.25) is 9.88 Å². The van der Waals surface area contributed by atoms with Gasteiger partial charge in [0.25, 0.3) is 0 Å². The molecule has 1 N–H and O–H groups in total. The van der Waals surface area contributed by atoms with Gasteiger partial charge in [0, 0.05) is 42.5 Å². The number of halogens is 1. The fourth-order valence-corrected chi connectivity index (χ4v) is 4.10. The molecule has 4 nitrogen and oxygen atoms in total. The van der Waals surface area contributed by atoms with Crippen LogP contribution in [0.2, 0.25) is 0 Å². The Labute approximate surface area is 175 Å². The molecule has 0 radical (unpaired) electrons. The van der Waals surface area contributed by atoms with Gasteiger partial charge in [0.05, 0.1) is 11.4 Å². The second-order valence-electron chi connectivity index (χ2n) is 7.82. The number of benzene rings is 2. The maximum absolute atomic E-state index is 13.5. The molecular formula is C25H23FN4. The first-order chi connectivity index (χ1) is 14.7. The molecule has 5 rings (SSSR count). The summed E-state index contributed by atoms with van der Waals surface area (Å²) in [6.45, 7) is 3.08. The molecule has 150 valence electrons. The first-order valence-electron chi connectivity index (χ1n) is 10.3. The first kappa shape index (κ1) is 18.7. The van der Waals surface area contributed by atoms with Crippen molar-refractivity contribution >= 4 is 0 Å². The molecule has 0 unspecified atom stereocenters. The Morgan fingerprint density at radius 1 is 0.967 bits per heavy atom. The number of hydrogen-bond donors (Lipinski definition) is 1. The molecule has 1 saturated heterocycles. The molecule has 3 heterocycles. The zero-order chi connectivity index (χ0) is 20.3. The summed E-state index contributed by atoms with van der Waals surface area (Å²) in [5.41, 5.74) is 4.72. The van der Waals surface area contributed by atoms with E-state index in [0.717, 1.165) is 54.4 Å². The van der Waals surface area contributed by atoms with Gasteiger partial charge in [-0.15, -0.1) is 0 Å². The summed E-state index contributed by atoms with van der Waals surface area (Å²) >= 11 is 0. The second kappa shape index (κ2) is 8.20. The van der Waals surface area contributed by atoms with Gasteiger partial charge in [-0.05, 0) is 42.8 Å². The summed E-state index contributed by atoms with van der Waals surface area (Å²) in [4.78, 5) is 15.2. The van der Waals surface area contributed by atoms with Crippen LogP contribution in [-0.4, -0.2) is 32.9 Å². The summed E-state index contributed by atoms with van der Waals surface area (Å²) in [6, 6.07) is 21.0. The normalized spacial score (nSPS) is 16.8. The maximum atomic E-state index is 13.5. The van der Waals surface area contributed by atoms with Crippen LogP contribution in [0.4, 0.5) is 4.39 Å². The highest BCUT2D eigenvalue weighted by Crippen LogP contribution is 2.28. The van der Waals surface area contributed by atoms with Gasteiger partial charge >= 0.3 is 0 Å². The predicted molar refractivity (Wildman–Crippen MR) is 116 cm³/mol. The third-order valence-electron chi connectivity index (χ3n) is 5.69. The van der Waals surface area contributed by atoms with Crippen LogP contribution in [0.1, 0.15) is 23.7 Å². The Balaban J connectivity index is 1.26. The van der Waals surface area contributed by atoms with E-state index >= 15 is 0 Å². The summed E-state index contributed by atoms with van der Waals surface area (Å²) in [5, 5.41) is 0. The Morgan fingerprint density at radius 2 is 1.87 bits per heavy atom. The molecular weight excluding hydrogens is 375 g/mol. The molecule has 1 atom stereocenters. The van der Waals surface area contributed by atoms with E-state index < -0.39 is 0 Å². The number of pyridine rings is 1. The number of nitrogens with zero attached hydrogens (tertiary/aromatic N) is 3. The van der Waals surface area contributed by atoms with E-state index in [1.165, 1.54) is 17.7 Å². The summed E-state index contributed by atoms with van der Waals surface area (Å²) < 4.78 is 13.5. The van der Waals surface area contributed by atoms with Gasteiger partial charge < -0.3 is 4.98 Å². The third-order valence-corrected chi connectivity index (χ3v) is 5.69. The molecule has 1 aliphatic rings. The Morgan fingerprint density at radius 3 is 2.67 bits per heavy atom. The van der Waals surface area contributed by atoms with Crippen LogP contribution >= 0.6 is 0 Å². The summed E-state index contributed by atoms with van der Waals surface area (Å²) in [6.07, 6.45) is 4.86. The van der Waals surface area contributed by atoms with E-state index in [1.807, 2.05) is 24.4 Å². The van der Waals surface area contributed by atoms with E-state index in [4.69, 9.17) is 4.98 Å². The average molecular weight is 398 g/mol. The summed E-state index contributed by atoms with van der Waals surface area (Å²) in [5.74, 6) is 1.20. The molecule has 0 spiro atoms. The fourth-order valence-electron chi connectivity index (χ4n) is 4.10. The molecule has 30 heavy (non-hydrogen) atoms. The van der Waals surface area contributed by atoms with E-state index in [-0.39, 0.29) is 5.82 Å². The average Bonchev–Trinajstić information content (AvgIpc) is 3.44. The number of H-pyrrole nitrogens is 1. The molecule has 4 aromatic rings. The lowest BCUT2D eigenvalue weighted by Gasteiger charge is -2.15. The fraction of sp³-hybridized carbons (Fsp3) is 0.200. The number of aromatic nitrogens is 3. The van der Waals surface area contributed by atoms with Gasteiger partial charge in [0.1, 0.15) is 11.6 Å². The lowest BCUT2D eigenvalue weighted by molar-refractivity contribution is 0.326. The van der Waals surface area contributed by atoms with E-state index in [9.17, 15) is 4.39 Å². The lowest BCUT2D eigenvalue weighted by atomic mass is 10.1. The highest BCUT2D eigenvalue weighted by Gasteiger charge is 2.26. The standard InChI is InChI=1S/C25H23FN4/c26-22-8-4-7-19(13-22)23-10-9-20(14-27-23)24-15-28-25(29-24)21-11-12-30(17-21)16-18-5-2-1-3-6-18/h1-10,13-15,21H,11-12,16-17H2,(H,28,29)/t21-/m1/s1. The van der Waals surface area contributed by atoms with Crippen LogP contribution in [0.15, 0.2) is 79.1 Å². The van der Waals surface area contributed by atoms with Gasteiger partial charge in [-0.2, -0.15) is 0 Å². The molecule has 0 saturated carbocycles.